The summed E-state index contributed by atoms with van der Waals surface area (Å²) in [5, 5.41) is 11.6. The molecule has 0 saturated heterocycles. The Morgan fingerprint density at radius 3 is 2.76 bits per heavy atom. The average molecular weight is 233 g/mol. The number of carbonyl (C=O) groups excluding carboxylic acids is 1. The SMILES string of the molecule is CC(C)(CNc1ncc(C#N)cc1N)C(N)=O. The van der Waals surface area contributed by atoms with E-state index in [1.165, 1.54) is 12.3 Å². The van der Waals surface area contributed by atoms with Crippen molar-refractivity contribution in [2.75, 3.05) is 17.6 Å². The van der Waals surface area contributed by atoms with Gasteiger partial charge in [-0.05, 0) is 19.9 Å². The highest BCUT2D eigenvalue weighted by molar-refractivity contribution is 5.80. The molecule has 1 aromatic rings. The van der Waals surface area contributed by atoms with Gasteiger partial charge in [-0.25, -0.2) is 4.98 Å². The predicted molar refractivity (Wildman–Crippen MR) is 64.8 cm³/mol. The quantitative estimate of drug-likeness (QED) is 0.698. The van der Waals surface area contributed by atoms with Crippen molar-refractivity contribution in [1.82, 2.24) is 4.98 Å². The summed E-state index contributed by atoms with van der Waals surface area (Å²) in [5.74, 6) is 0.0375. The molecule has 0 unspecified atom stereocenters. The minimum atomic E-state index is -0.692. The van der Waals surface area contributed by atoms with E-state index in [-0.39, 0.29) is 0 Å². The number of nitriles is 1. The first-order chi connectivity index (χ1) is 7.86. The summed E-state index contributed by atoms with van der Waals surface area (Å²) < 4.78 is 0. The molecule has 0 atom stereocenters. The highest BCUT2D eigenvalue weighted by atomic mass is 16.1. The molecule has 6 nitrogen and oxygen atoms in total. The van der Waals surface area contributed by atoms with Crippen molar-refractivity contribution in [2.45, 2.75) is 13.8 Å². The van der Waals surface area contributed by atoms with E-state index in [9.17, 15) is 4.79 Å². The van der Waals surface area contributed by atoms with Crippen LogP contribution in [0.2, 0.25) is 0 Å². The van der Waals surface area contributed by atoms with Gasteiger partial charge in [0.15, 0.2) is 0 Å². The molecule has 17 heavy (non-hydrogen) atoms. The molecule has 0 saturated carbocycles. The molecule has 0 aliphatic rings. The number of pyridine rings is 1. The van der Waals surface area contributed by atoms with Crippen molar-refractivity contribution in [3.63, 3.8) is 0 Å². The minimum Gasteiger partial charge on any atom is -0.396 e. The monoisotopic (exact) mass is 233 g/mol. The Hall–Kier alpha value is -2.29. The van der Waals surface area contributed by atoms with Crippen LogP contribution in [0, 0.1) is 16.7 Å². The van der Waals surface area contributed by atoms with Crippen LogP contribution < -0.4 is 16.8 Å². The Labute approximate surface area is 99.6 Å². The van der Waals surface area contributed by atoms with Crippen molar-refractivity contribution < 1.29 is 4.79 Å². The molecule has 0 fully saturated rings. The van der Waals surface area contributed by atoms with Gasteiger partial charge in [0.25, 0.3) is 0 Å². The number of nitrogens with zero attached hydrogens (tertiary/aromatic N) is 2. The second-order valence-corrected chi connectivity index (χ2v) is 4.38. The van der Waals surface area contributed by atoms with Crippen LogP contribution >= 0.6 is 0 Å². The lowest BCUT2D eigenvalue weighted by molar-refractivity contribution is -0.125. The lowest BCUT2D eigenvalue weighted by atomic mass is 9.93. The van der Waals surface area contributed by atoms with E-state index in [2.05, 4.69) is 10.3 Å². The van der Waals surface area contributed by atoms with Crippen LogP contribution in [0.4, 0.5) is 11.5 Å². The minimum absolute atomic E-state index is 0.325. The van der Waals surface area contributed by atoms with Crippen LogP contribution in [0.1, 0.15) is 19.4 Å². The van der Waals surface area contributed by atoms with Gasteiger partial charge < -0.3 is 16.8 Å². The first-order valence-corrected chi connectivity index (χ1v) is 5.06. The predicted octanol–water partition coefficient (Wildman–Crippen LogP) is 0.459. The highest BCUT2D eigenvalue weighted by Crippen LogP contribution is 2.19. The van der Waals surface area contributed by atoms with Crippen LogP contribution in [-0.4, -0.2) is 17.4 Å². The molecule has 1 heterocycles. The van der Waals surface area contributed by atoms with Gasteiger partial charge in [-0.2, -0.15) is 5.26 Å². The van der Waals surface area contributed by atoms with Gasteiger partial charge >= 0.3 is 0 Å². The lowest BCUT2D eigenvalue weighted by Gasteiger charge is -2.21. The maximum atomic E-state index is 11.1. The first kappa shape index (κ1) is 12.8. The number of nitrogen functional groups attached to an aromatic ring is 1. The van der Waals surface area contributed by atoms with Gasteiger partial charge in [0.05, 0.1) is 16.7 Å². The molecule has 90 valence electrons. The summed E-state index contributed by atoms with van der Waals surface area (Å²) >= 11 is 0. The first-order valence-electron chi connectivity index (χ1n) is 5.06. The molecular formula is C11H15N5O. The fourth-order valence-electron chi connectivity index (χ4n) is 1.08. The van der Waals surface area contributed by atoms with Crippen molar-refractivity contribution >= 4 is 17.4 Å². The highest BCUT2D eigenvalue weighted by Gasteiger charge is 2.24. The molecule has 0 spiro atoms. The number of nitrogens with two attached hydrogens (primary N) is 2. The smallest absolute Gasteiger partial charge is 0.224 e. The Bertz CT molecular complexity index is 475. The third kappa shape index (κ3) is 3.08. The van der Waals surface area contributed by atoms with Crippen molar-refractivity contribution in [3.8, 4) is 6.07 Å². The molecule has 0 aliphatic heterocycles. The van der Waals surface area contributed by atoms with E-state index >= 15 is 0 Å². The van der Waals surface area contributed by atoms with E-state index in [1.807, 2.05) is 6.07 Å². The number of anilines is 2. The van der Waals surface area contributed by atoms with Crippen molar-refractivity contribution in [3.05, 3.63) is 17.8 Å². The number of carbonyl (C=O) groups is 1. The summed E-state index contributed by atoms with van der Waals surface area (Å²) in [6, 6.07) is 3.46. The van der Waals surface area contributed by atoms with Crippen molar-refractivity contribution in [2.24, 2.45) is 11.1 Å². The number of aromatic nitrogens is 1. The van der Waals surface area contributed by atoms with Crippen LogP contribution in [-0.2, 0) is 4.79 Å². The summed E-state index contributed by atoms with van der Waals surface area (Å²) in [4.78, 5) is 15.1. The summed E-state index contributed by atoms with van der Waals surface area (Å²) in [7, 11) is 0. The molecule has 0 radical (unpaired) electrons. The normalized spacial score (nSPS) is 10.6. The molecule has 6 heteroatoms. The Balaban J connectivity index is 2.78. The van der Waals surface area contributed by atoms with Crippen molar-refractivity contribution in [1.29, 1.82) is 5.26 Å². The lowest BCUT2D eigenvalue weighted by Crippen LogP contribution is -2.37. The van der Waals surface area contributed by atoms with E-state index < -0.39 is 11.3 Å². The number of hydrogen-bond acceptors (Lipinski definition) is 5. The summed E-state index contributed by atoms with van der Waals surface area (Å²) in [6.45, 7) is 3.77. The molecule has 0 bridgehead atoms. The van der Waals surface area contributed by atoms with Gasteiger partial charge in [0, 0.05) is 12.7 Å². The molecule has 0 aromatic carbocycles. The van der Waals surface area contributed by atoms with Crippen LogP contribution in [0.15, 0.2) is 12.3 Å². The van der Waals surface area contributed by atoms with E-state index in [0.717, 1.165) is 0 Å². The fourth-order valence-corrected chi connectivity index (χ4v) is 1.08. The topological polar surface area (TPSA) is 118 Å². The number of nitrogens with one attached hydrogen (secondary N) is 1. The Kier molecular flexibility index (Phi) is 3.53. The summed E-state index contributed by atoms with van der Waals surface area (Å²) in [6.07, 6.45) is 1.41. The van der Waals surface area contributed by atoms with E-state index in [0.29, 0.717) is 23.6 Å². The summed E-state index contributed by atoms with van der Waals surface area (Å²) in [5.41, 5.74) is 11.0. The van der Waals surface area contributed by atoms with Crippen LogP contribution in [0.3, 0.4) is 0 Å². The maximum Gasteiger partial charge on any atom is 0.224 e. The third-order valence-corrected chi connectivity index (χ3v) is 2.41. The average Bonchev–Trinajstić information content (AvgIpc) is 2.27. The molecular weight excluding hydrogens is 218 g/mol. The number of rotatable bonds is 4. The second kappa shape index (κ2) is 4.70. The third-order valence-electron chi connectivity index (χ3n) is 2.41. The maximum absolute atomic E-state index is 11.1. The van der Waals surface area contributed by atoms with Gasteiger partial charge in [-0.15, -0.1) is 0 Å². The molecule has 5 N–H and O–H groups in total. The molecule has 1 aromatic heterocycles. The molecule has 1 rings (SSSR count). The number of amides is 1. The van der Waals surface area contributed by atoms with Gasteiger partial charge in [0.1, 0.15) is 11.9 Å². The zero-order valence-electron chi connectivity index (χ0n) is 9.82. The Morgan fingerprint density at radius 1 is 1.65 bits per heavy atom. The largest absolute Gasteiger partial charge is 0.396 e. The van der Waals surface area contributed by atoms with Crippen LogP contribution in [0.25, 0.3) is 0 Å². The van der Waals surface area contributed by atoms with Gasteiger partial charge in [0.2, 0.25) is 5.91 Å². The fraction of sp³-hybridized carbons (Fsp3) is 0.364. The van der Waals surface area contributed by atoms with E-state index in [1.54, 1.807) is 13.8 Å². The zero-order chi connectivity index (χ0) is 13.1. The number of primary amides is 1. The van der Waals surface area contributed by atoms with E-state index in [4.69, 9.17) is 16.7 Å². The number of hydrogen-bond donors (Lipinski definition) is 3. The second-order valence-electron chi connectivity index (χ2n) is 4.38. The molecule has 0 aliphatic carbocycles. The van der Waals surface area contributed by atoms with Gasteiger partial charge in [-0.1, -0.05) is 0 Å². The zero-order valence-corrected chi connectivity index (χ0v) is 9.82. The Morgan fingerprint density at radius 2 is 2.29 bits per heavy atom. The molecule has 1 amide bonds. The standard InChI is InChI=1S/C11H15N5O/c1-11(2,10(14)17)6-16-9-8(13)3-7(4-12)5-15-9/h3,5H,6,13H2,1-2H3,(H2,14,17)(H,15,16). The van der Waals surface area contributed by atoms with Crippen LogP contribution in [0.5, 0.6) is 0 Å². The van der Waals surface area contributed by atoms with Gasteiger partial charge in [-0.3, -0.25) is 4.79 Å².